The predicted octanol–water partition coefficient (Wildman–Crippen LogP) is 5.82. The number of hydrogen-bond donors (Lipinski definition) is 0. The van der Waals surface area contributed by atoms with Crippen LogP contribution in [0.3, 0.4) is 0 Å². The Kier molecular flexibility index (Phi) is 4.82. The van der Waals surface area contributed by atoms with Gasteiger partial charge >= 0.3 is 35.8 Å². The highest BCUT2D eigenvalue weighted by molar-refractivity contribution is 6.49. The van der Waals surface area contributed by atoms with Crippen molar-refractivity contribution >= 4 is 34.8 Å². The number of ether oxygens (including phenoxy) is 1. The molecule has 25 heavy (non-hydrogen) atoms. The molecule has 0 radical (unpaired) electrons. The molecule has 0 spiro atoms. The van der Waals surface area contributed by atoms with Crippen LogP contribution >= 0.6 is 34.8 Å². The van der Waals surface area contributed by atoms with Gasteiger partial charge in [-0.3, -0.25) is 0 Å². The molecule has 1 nitrogen and oxygen atoms in total. The predicted molar refractivity (Wildman–Crippen MR) is 54.9 cm³/mol. The first-order valence-corrected chi connectivity index (χ1v) is 6.32. The van der Waals surface area contributed by atoms with Crippen molar-refractivity contribution in [3.05, 3.63) is 0 Å². The third-order valence-corrected chi connectivity index (χ3v) is 4.28. The van der Waals surface area contributed by atoms with Crippen LogP contribution in [0.4, 0.5) is 57.1 Å². The number of halogens is 16. The van der Waals surface area contributed by atoms with Crippen molar-refractivity contribution in [2.24, 2.45) is 0 Å². The first-order chi connectivity index (χ1) is 10.5. The van der Waals surface area contributed by atoms with Crippen molar-refractivity contribution < 1.29 is 61.8 Å². The van der Waals surface area contributed by atoms with Gasteiger partial charge < -0.3 is 4.74 Å². The molecule has 0 aliphatic carbocycles. The molecule has 2 atom stereocenters. The maximum absolute atomic E-state index is 14.2. The van der Waals surface area contributed by atoms with Gasteiger partial charge in [0.2, 0.25) is 0 Å². The maximum atomic E-state index is 14.2. The Morgan fingerprint density at radius 3 is 1.20 bits per heavy atom. The summed E-state index contributed by atoms with van der Waals surface area (Å²) in [7, 11) is 0. The van der Waals surface area contributed by atoms with Crippen LogP contribution in [0.1, 0.15) is 0 Å². The first kappa shape index (κ1) is 23.0. The Morgan fingerprint density at radius 2 is 0.920 bits per heavy atom. The van der Waals surface area contributed by atoms with Crippen LogP contribution in [0, 0.1) is 0 Å². The van der Waals surface area contributed by atoms with Gasteiger partial charge in [-0.25, -0.2) is 4.39 Å². The van der Waals surface area contributed by atoms with Crippen molar-refractivity contribution in [1.82, 2.24) is 0 Å². The second-order valence-electron chi connectivity index (χ2n) is 4.59. The lowest BCUT2D eigenvalue weighted by molar-refractivity contribution is -0.376. The summed E-state index contributed by atoms with van der Waals surface area (Å²) in [6.45, 7) is 0. The van der Waals surface area contributed by atoms with Crippen LogP contribution in [0.2, 0.25) is 0 Å². The van der Waals surface area contributed by atoms with E-state index in [1.54, 1.807) is 0 Å². The summed E-state index contributed by atoms with van der Waals surface area (Å²) < 4.78 is 166. The molecule has 1 aliphatic rings. The third kappa shape index (κ3) is 2.42. The van der Waals surface area contributed by atoms with Gasteiger partial charge in [-0.1, -0.05) is 34.8 Å². The first-order valence-electron chi connectivity index (χ1n) is 5.18. The van der Waals surface area contributed by atoms with Crippen molar-refractivity contribution in [3.8, 4) is 0 Å². The normalized spacial score (nSPS) is 33.6. The van der Waals surface area contributed by atoms with Crippen molar-refractivity contribution in [3.63, 3.8) is 0 Å². The molecule has 0 bridgehead atoms. The minimum absolute atomic E-state index is 2.86. The van der Waals surface area contributed by atoms with Crippen LogP contribution in [-0.2, 0) is 4.74 Å². The fourth-order valence-electron chi connectivity index (χ4n) is 1.73. The molecule has 150 valence electrons. The van der Waals surface area contributed by atoms with E-state index in [-0.39, 0.29) is 0 Å². The van der Waals surface area contributed by atoms with E-state index >= 15 is 0 Å². The molecule has 1 heterocycles. The molecule has 0 aromatic rings. The molecule has 1 saturated heterocycles. The maximum Gasteiger partial charge on any atom is 0.458 e. The monoisotopic (exact) mass is 464 g/mol. The Bertz CT molecular complexity index is 554. The van der Waals surface area contributed by atoms with E-state index in [9.17, 15) is 57.1 Å². The molecule has 0 saturated carbocycles. The highest BCUT2D eigenvalue weighted by Crippen LogP contribution is 2.73. The second kappa shape index (κ2) is 5.25. The van der Waals surface area contributed by atoms with Crippen LogP contribution in [0.25, 0.3) is 0 Å². The lowest BCUT2D eigenvalue weighted by Crippen LogP contribution is -2.72. The van der Waals surface area contributed by atoms with Gasteiger partial charge in [-0.05, 0) is 0 Å². The van der Waals surface area contributed by atoms with Crippen LogP contribution in [-0.4, -0.2) is 45.4 Å². The number of hydrogen-bond acceptors (Lipinski definition) is 1. The van der Waals surface area contributed by atoms with Crippen molar-refractivity contribution in [2.45, 2.75) is 45.4 Å². The van der Waals surface area contributed by atoms with Gasteiger partial charge in [0.25, 0.3) is 9.58 Å². The van der Waals surface area contributed by atoms with E-state index in [1.807, 2.05) is 0 Å². The zero-order valence-corrected chi connectivity index (χ0v) is 12.7. The summed E-state index contributed by atoms with van der Waals surface area (Å²) >= 11 is 13.0. The Hall–Kier alpha value is -0.0800. The molecule has 0 N–H and O–H groups in total. The smallest absolute Gasteiger partial charge is 0.309 e. The van der Waals surface area contributed by atoms with E-state index in [2.05, 4.69) is 39.5 Å². The van der Waals surface area contributed by atoms with Gasteiger partial charge in [-0.2, -0.15) is 52.7 Å². The zero-order valence-electron chi connectivity index (χ0n) is 10.5. The quantitative estimate of drug-likeness (QED) is 0.369. The van der Waals surface area contributed by atoms with E-state index in [0.29, 0.717) is 0 Å². The van der Waals surface area contributed by atoms with E-state index in [4.69, 9.17) is 0 Å². The van der Waals surface area contributed by atoms with Gasteiger partial charge in [0, 0.05) is 0 Å². The zero-order chi connectivity index (χ0) is 20.7. The fourth-order valence-corrected chi connectivity index (χ4v) is 2.87. The molecule has 0 aromatic heterocycles. The summed E-state index contributed by atoms with van der Waals surface area (Å²) in [6, 6.07) is 0. The van der Waals surface area contributed by atoms with E-state index in [0.717, 1.165) is 0 Å². The van der Waals surface area contributed by atoms with Gasteiger partial charge in [-0.15, -0.1) is 0 Å². The van der Waals surface area contributed by atoms with Crippen molar-refractivity contribution in [2.75, 3.05) is 0 Å². The van der Waals surface area contributed by atoms with Crippen LogP contribution in [0.15, 0.2) is 0 Å². The molecular formula is C8Cl3F13O. The fraction of sp³-hybridized carbons (Fsp3) is 1.00. The van der Waals surface area contributed by atoms with Crippen LogP contribution in [0.5, 0.6) is 0 Å². The minimum Gasteiger partial charge on any atom is -0.309 e. The van der Waals surface area contributed by atoms with Crippen LogP contribution < -0.4 is 0 Å². The Labute approximate surface area is 142 Å². The average Bonchev–Trinajstić information content (AvgIpc) is 2.43. The standard InChI is InChI=1S/C8Cl3F13O/c9-2(5(17,18)8(22,23)24)3(13,14)1(12,6(10,11)25-2)4(15,16)7(19,20)21/t1-,2+/m1/s1. The lowest BCUT2D eigenvalue weighted by atomic mass is 9.86. The summed E-state index contributed by atoms with van der Waals surface area (Å²) in [6.07, 6.45) is -14.4. The molecule has 0 unspecified atom stereocenters. The largest absolute Gasteiger partial charge is 0.458 e. The lowest BCUT2D eigenvalue weighted by Gasteiger charge is -2.40. The molecule has 1 rings (SSSR count). The van der Waals surface area contributed by atoms with E-state index in [1.165, 1.54) is 0 Å². The van der Waals surface area contributed by atoms with Crippen molar-refractivity contribution in [1.29, 1.82) is 0 Å². The molecule has 1 aliphatic heterocycles. The summed E-state index contributed by atoms with van der Waals surface area (Å²) in [5.74, 6) is -21.6. The highest BCUT2D eigenvalue weighted by atomic mass is 35.5. The Balaban J connectivity index is 3.84. The third-order valence-electron chi connectivity index (χ3n) is 3.05. The van der Waals surface area contributed by atoms with E-state index < -0.39 is 45.4 Å². The topological polar surface area (TPSA) is 9.23 Å². The highest BCUT2D eigenvalue weighted by Gasteiger charge is 3.00. The number of alkyl halides is 16. The molecule has 17 heteroatoms. The summed E-state index contributed by atoms with van der Waals surface area (Å²) in [4.78, 5) is 0. The van der Waals surface area contributed by atoms with Gasteiger partial charge in [0.05, 0.1) is 0 Å². The summed E-state index contributed by atoms with van der Waals surface area (Å²) in [5, 5.41) is -6.18. The number of rotatable bonds is 2. The molecular weight excluding hydrogens is 465 g/mol. The Morgan fingerprint density at radius 1 is 0.600 bits per heavy atom. The molecule has 0 aromatic carbocycles. The van der Waals surface area contributed by atoms with Gasteiger partial charge in [0.1, 0.15) is 0 Å². The second-order valence-corrected chi connectivity index (χ2v) is 6.38. The molecule has 1 fully saturated rings. The minimum atomic E-state index is -7.37. The molecule has 0 amide bonds. The average molecular weight is 465 g/mol. The summed E-state index contributed by atoms with van der Waals surface area (Å²) in [5.41, 5.74) is -6.87. The van der Waals surface area contributed by atoms with Gasteiger partial charge in [0.15, 0.2) is 0 Å². The SMILES string of the molecule is FC(F)(F)C(F)(F)[C@@]1(Cl)OC(Cl)(Cl)[C@](F)(C(F)(F)C(F)(F)F)C1(F)F.